The van der Waals surface area contributed by atoms with Crippen molar-refractivity contribution in [3.63, 3.8) is 0 Å². The molecule has 3 aliphatic rings. The van der Waals surface area contributed by atoms with E-state index in [0.29, 0.717) is 32.1 Å². The number of piperazine rings is 1. The molecular weight excluding hydrogens is 272 g/mol. The van der Waals surface area contributed by atoms with Gasteiger partial charge in [-0.2, -0.15) is 0 Å². The normalized spacial score (nSPS) is 35.4. The Kier molecular flexibility index (Phi) is 3.56. The van der Waals surface area contributed by atoms with E-state index in [-0.39, 0.29) is 5.91 Å². The molecule has 1 amide bonds. The smallest absolute Gasteiger partial charge is 0.222 e. The second-order valence-corrected chi connectivity index (χ2v) is 6.85. The van der Waals surface area contributed by atoms with Crippen molar-refractivity contribution in [3.05, 3.63) is 0 Å². The van der Waals surface area contributed by atoms with Crippen LogP contribution in [0, 0.1) is 0 Å². The van der Waals surface area contributed by atoms with Crippen LogP contribution >= 0.6 is 0 Å². The molecule has 3 atom stereocenters. The molecule has 21 heavy (non-hydrogen) atoms. The third kappa shape index (κ3) is 1.76. The number of aliphatic hydroxyl groups excluding tert-OH is 3. The van der Waals surface area contributed by atoms with Crippen molar-refractivity contribution >= 4 is 5.91 Å². The van der Waals surface area contributed by atoms with Gasteiger partial charge in [-0.1, -0.05) is 6.92 Å². The van der Waals surface area contributed by atoms with Crippen LogP contribution in [0.1, 0.15) is 58.8 Å². The molecule has 120 valence electrons. The van der Waals surface area contributed by atoms with E-state index >= 15 is 0 Å². The van der Waals surface area contributed by atoms with E-state index in [2.05, 4.69) is 0 Å². The zero-order valence-electron chi connectivity index (χ0n) is 12.8. The largest absolute Gasteiger partial charge is 0.378 e. The van der Waals surface area contributed by atoms with Gasteiger partial charge < -0.3 is 20.2 Å². The van der Waals surface area contributed by atoms with Crippen LogP contribution in [0.15, 0.2) is 0 Å². The standard InChI is InChI=1S/C15H26N2O4/c1-3-11(19)17-13(21)14(6-4-7-14)16(10(2)18)12(20)15(17)8-5-9-15/h11-13,19-21H,3-9H2,1-2H3. The topological polar surface area (TPSA) is 84.2 Å². The minimum Gasteiger partial charge on any atom is -0.378 e. The van der Waals surface area contributed by atoms with Gasteiger partial charge in [0.25, 0.3) is 0 Å². The van der Waals surface area contributed by atoms with Crippen molar-refractivity contribution in [2.24, 2.45) is 0 Å². The Morgan fingerprint density at radius 1 is 1.14 bits per heavy atom. The average Bonchev–Trinajstić information content (AvgIpc) is 2.34. The first kappa shape index (κ1) is 15.2. The Morgan fingerprint density at radius 3 is 2.00 bits per heavy atom. The minimum atomic E-state index is -0.950. The Hall–Kier alpha value is -0.690. The quantitative estimate of drug-likeness (QED) is 0.685. The zero-order valence-corrected chi connectivity index (χ0v) is 12.8. The summed E-state index contributed by atoms with van der Waals surface area (Å²) in [4.78, 5) is 15.3. The summed E-state index contributed by atoms with van der Waals surface area (Å²) in [5.74, 6) is -0.196. The molecule has 3 unspecified atom stereocenters. The SMILES string of the molecule is CCC(O)N1C(O)C2(CCC2)N(C(C)=O)C(O)C12CCC2. The lowest BCUT2D eigenvalue weighted by atomic mass is 9.64. The number of amides is 1. The Morgan fingerprint density at radius 2 is 1.67 bits per heavy atom. The summed E-state index contributed by atoms with van der Waals surface area (Å²) in [6, 6.07) is 0. The van der Waals surface area contributed by atoms with Gasteiger partial charge in [-0.15, -0.1) is 0 Å². The molecule has 6 heteroatoms. The monoisotopic (exact) mass is 298 g/mol. The van der Waals surface area contributed by atoms with Crippen LogP contribution in [0.5, 0.6) is 0 Å². The molecule has 1 saturated heterocycles. The van der Waals surface area contributed by atoms with E-state index in [1.54, 1.807) is 4.90 Å². The molecule has 0 radical (unpaired) electrons. The third-order valence-electron chi connectivity index (χ3n) is 5.93. The number of carbonyl (C=O) groups excluding carboxylic acids is 1. The molecule has 6 nitrogen and oxygen atoms in total. The third-order valence-corrected chi connectivity index (χ3v) is 5.93. The second kappa shape index (κ2) is 4.91. The maximum atomic E-state index is 12.1. The fourth-order valence-electron chi connectivity index (χ4n) is 4.48. The molecule has 2 spiro atoms. The van der Waals surface area contributed by atoms with Crippen molar-refractivity contribution in [1.82, 2.24) is 9.80 Å². The molecule has 2 saturated carbocycles. The Balaban J connectivity index is 2.04. The van der Waals surface area contributed by atoms with Gasteiger partial charge >= 0.3 is 0 Å². The van der Waals surface area contributed by atoms with Crippen LogP contribution in [0.4, 0.5) is 0 Å². The highest BCUT2D eigenvalue weighted by Gasteiger charge is 2.67. The molecule has 1 aliphatic heterocycles. The van der Waals surface area contributed by atoms with Gasteiger partial charge in [-0.25, -0.2) is 4.90 Å². The van der Waals surface area contributed by atoms with E-state index in [1.807, 2.05) is 6.92 Å². The number of aliphatic hydroxyl groups is 3. The summed E-state index contributed by atoms with van der Waals surface area (Å²) in [6.07, 6.45) is 2.45. The lowest BCUT2D eigenvalue weighted by molar-refractivity contribution is -0.328. The summed E-state index contributed by atoms with van der Waals surface area (Å²) < 4.78 is 0. The number of carbonyl (C=O) groups is 1. The van der Waals surface area contributed by atoms with Gasteiger partial charge in [0.1, 0.15) is 18.7 Å². The molecule has 3 fully saturated rings. The molecule has 0 aromatic rings. The van der Waals surface area contributed by atoms with Crippen LogP contribution in [0.2, 0.25) is 0 Å². The summed E-state index contributed by atoms with van der Waals surface area (Å²) in [5, 5.41) is 32.2. The van der Waals surface area contributed by atoms with E-state index in [1.165, 1.54) is 11.8 Å². The van der Waals surface area contributed by atoms with Gasteiger partial charge in [-0.3, -0.25) is 4.79 Å². The number of rotatable bonds is 2. The van der Waals surface area contributed by atoms with Gasteiger partial charge in [-0.05, 0) is 44.9 Å². The summed E-state index contributed by atoms with van der Waals surface area (Å²) in [6.45, 7) is 3.31. The fourth-order valence-corrected chi connectivity index (χ4v) is 4.48. The molecule has 0 bridgehead atoms. The molecule has 3 rings (SSSR count). The van der Waals surface area contributed by atoms with E-state index < -0.39 is 29.8 Å². The summed E-state index contributed by atoms with van der Waals surface area (Å²) in [5.41, 5.74) is -1.43. The zero-order chi connectivity index (χ0) is 15.4. The first-order chi connectivity index (χ1) is 9.90. The molecule has 0 aromatic carbocycles. The Bertz CT molecular complexity index is 433. The van der Waals surface area contributed by atoms with Gasteiger partial charge in [0.05, 0.1) is 11.1 Å². The van der Waals surface area contributed by atoms with Crippen molar-refractivity contribution < 1.29 is 20.1 Å². The highest BCUT2D eigenvalue weighted by Crippen LogP contribution is 2.55. The van der Waals surface area contributed by atoms with Gasteiger partial charge in [0.15, 0.2) is 0 Å². The molecule has 0 aromatic heterocycles. The molecular formula is C15H26N2O4. The van der Waals surface area contributed by atoms with E-state index in [9.17, 15) is 20.1 Å². The number of hydrogen-bond donors (Lipinski definition) is 3. The van der Waals surface area contributed by atoms with Gasteiger partial charge in [0, 0.05) is 6.92 Å². The minimum absolute atomic E-state index is 0.196. The maximum Gasteiger partial charge on any atom is 0.222 e. The van der Waals surface area contributed by atoms with Crippen LogP contribution in [0.3, 0.4) is 0 Å². The van der Waals surface area contributed by atoms with E-state index in [0.717, 1.165) is 12.8 Å². The second-order valence-electron chi connectivity index (χ2n) is 6.85. The Labute approximate surface area is 125 Å². The van der Waals surface area contributed by atoms with E-state index in [4.69, 9.17) is 0 Å². The molecule has 2 aliphatic carbocycles. The first-order valence-corrected chi connectivity index (χ1v) is 8.03. The highest BCUT2D eigenvalue weighted by atomic mass is 16.3. The van der Waals surface area contributed by atoms with Crippen LogP contribution in [0.25, 0.3) is 0 Å². The van der Waals surface area contributed by atoms with Crippen LogP contribution in [-0.4, -0.2) is 60.8 Å². The maximum absolute atomic E-state index is 12.1. The van der Waals surface area contributed by atoms with Crippen molar-refractivity contribution in [2.45, 2.75) is 88.6 Å². The highest BCUT2D eigenvalue weighted by molar-refractivity contribution is 5.75. The molecule has 3 N–H and O–H groups in total. The predicted octanol–water partition coefficient (Wildman–Crippen LogP) is 0.361. The van der Waals surface area contributed by atoms with Crippen molar-refractivity contribution in [1.29, 1.82) is 0 Å². The average molecular weight is 298 g/mol. The lowest BCUT2D eigenvalue weighted by Gasteiger charge is -2.69. The number of hydrogen-bond acceptors (Lipinski definition) is 5. The van der Waals surface area contributed by atoms with Crippen LogP contribution in [-0.2, 0) is 4.79 Å². The molecule has 1 heterocycles. The van der Waals surface area contributed by atoms with Crippen molar-refractivity contribution in [2.75, 3.05) is 0 Å². The van der Waals surface area contributed by atoms with Gasteiger partial charge in [0.2, 0.25) is 5.91 Å². The number of nitrogens with zero attached hydrogens (tertiary/aromatic N) is 2. The van der Waals surface area contributed by atoms with Crippen LogP contribution < -0.4 is 0 Å². The lowest BCUT2D eigenvalue weighted by Crippen LogP contribution is -2.84. The fraction of sp³-hybridized carbons (Fsp3) is 0.933. The summed E-state index contributed by atoms with van der Waals surface area (Å²) in [7, 11) is 0. The first-order valence-electron chi connectivity index (χ1n) is 8.03. The van der Waals surface area contributed by atoms with Crippen molar-refractivity contribution in [3.8, 4) is 0 Å². The summed E-state index contributed by atoms with van der Waals surface area (Å²) >= 11 is 0. The predicted molar refractivity (Wildman–Crippen MR) is 75.8 cm³/mol.